The summed E-state index contributed by atoms with van der Waals surface area (Å²) in [5.74, 6) is -0.874. The Morgan fingerprint density at radius 2 is 2.06 bits per heavy atom. The summed E-state index contributed by atoms with van der Waals surface area (Å²) < 4.78 is 2.87. The number of halogens is 1. The predicted octanol–water partition coefficient (Wildman–Crippen LogP) is 1.92. The molecule has 0 aliphatic carbocycles. The van der Waals surface area contributed by atoms with Crippen LogP contribution in [0.15, 0.2) is 24.3 Å². The quantitative estimate of drug-likeness (QED) is 0.354. The van der Waals surface area contributed by atoms with Gasteiger partial charge in [-0.25, -0.2) is 0 Å². The van der Waals surface area contributed by atoms with Crippen molar-refractivity contribution < 1.29 is 14.8 Å². The van der Waals surface area contributed by atoms with E-state index in [2.05, 4.69) is 3.53 Å². The van der Waals surface area contributed by atoms with Crippen LogP contribution in [0.2, 0.25) is 0 Å². The lowest BCUT2D eigenvalue weighted by molar-refractivity contribution is -0.384. The maximum atomic E-state index is 10.6. The number of nitrogens with zero attached hydrogens (tertiary/aromatic N) is 1. The van der Waals surface area contributed by atoms with Crippen molar-refractivity contribution in [1.29, 1.82) is 0 Å². The molecule has 1 aromatic carbocycles. The Balaban J connectivity index is 2.67. The summed E-state index contributed by atoms with van der Waals surface area (Å²) in [6.07, 6.45) is 0.535. The lowest BCUT2D eigenvalue weighted by atomic mass is 10.0. The molecule has 92 valence electrons. The Kier molecular flexibility index (Phi) is 5.29. The van der Waals surface area contributed by atoms with Crippen molar-refractivity contribution >= 4 is 34.5 Å². The van der Waals surface area contributed by atoms with Gasteiger partial charge in [0.15, 0.2) is 0 Å². The molecule has 1 aromatic rings. The maximum Gasteiger partial charge on any atom is 0.304 e. The average molecular weight is 350 g/mol. The minimum absolute atomic E-state index is 0.0138. The summed E-state index contributed by atoms with van der Waals surface area (Å²) in [5, 5.41) is 19.1. The zero-order valence-electron chi connectivity index (χ0n) is 8.80. The predicted molar refractivity (Wildman–Crippen MR) is 70.0 cm³/mol. The number of nitro groups is 1. The molecule has 1 atom stereocenters. The van der Waals surface area contributed by atoms with Crippen LogP contribution in [0.25, 0.3) is 0 Å². The van der Waals surface area contributed by atoms with E-state index >= 15 is 0 Å². The summed E-state index contributed by atoms with van der Waals surface area (Å²) in [6, 6.07) is 5.93. The number of carboxylic acids is 1. The summed E-state index contributed by atoms with van der Waals surface area (Å²) in [6.45, 7) is 0. The highest BCUT2D eigenvalue weighted by atomic mass is 127. The minimum Gasteiger partial charge on any atom is -0.481 e. The Bertz CT molecular complexity index is 407. The second-order valence-electron chi connectivity index (χ2n) is 3.53. The number of nitrogens with one attached hydrogen (secondary N) is 1. The van der Waals surface area contributed by atoms with Crippen molar-refractivity contribution in [2.24, 2.45) is 0 Å². The standard InChI is InChI=1S/C10H11IN2O4/c11-12-8(6-10(14)15)5-7-1-3-9(4-2-7)13(16)17/h1-4,8,12H,5-6H2,(H,14,15). The molecule has 0 saturated heterocycles. The number of hydrogen-bond donors (Lipinski definition) is 2. The summed E-state index contributed by atoms with van der Waals surface area (Å²) in [4.78, 5) is 20.6. The van der Waals surface area contributed by atoms with Crippen LogP contribution >= 0.6 is 22.9 Å². The van der Waals surface area contributed by atoms with Crippen LogP contribution in [0.3, 0.4) is 0 Å². The first-order valence-corrected chi connectivity index (χ1v) is 5.92. The van der Waals surface area contributed by atoms with Crippen molar-refractivity contribution in [3.63, 3.8) is 0 Å². The molecule has 0 spiro atoms. The molecule has 0 saturated carbocycles. The van der Waals surface area contributed by atoms with E-state index < -0.39 is 10.9 Å². The SMILES string of the molecule is O=C(O)CC(Cc1ccc([N+](=O)[O-])cc1)NI. The van der Waals surface area contributed by atoms with Crippen molar-refractivity contribution in [2.75, 3.05) is 0 Å². The van der Waals surface area contributed by atoms with Crippen molar-refractivity contribution in [3.05, 3.63) is 39.9 Å². The molecule has 0 bridgehead atoms. The van der Waals surface area contributed by atoms with Gasteiger partial charge in [-0.3, -0.25) is 18.4 Å². The number of aliphatic carboxylic acids is 1. The van der Waals surface area contributed by atoms with Gasteiger partial charge >= 0.3 is 5.97 Å². The van der Waals surface area contributed by atoms with E-state index in [9.17, 15) is 14.9 Å². The number of carbonyl (C=O) groups is 1. The van der Waals surface area contributed by atoms with E-state index in [4.69, 9.17) is 5.11 Å². The molecule has 0 aliphatic rings. The third kappa shape index (κ3) is 4.65. The molecule has 7 heteroatoms. The first-order valence-electron chi connectivity index (χ1n) is 4.84. The van der Waals surface area contributed by atoms with Gasteiger partial charge in [-0.05, 0) is 12.0 Å². The highest BCUT2D eigenvalue weighted by molar-refractivity contribution is 14.1. The Labute approximate surface area is 112 Å². The summed E-state index contributed by atoms with van der Waals surface area (Å²) in [7, 11) is 0. The normalized spacial score (nSPS) is 12.1. The van der Waals surface area contributed by atoms with Gasteiger partial charge in [0, 0.05) is 41.0 Å². The molecular weight excluding hydrogens is 339 g/mol. The van der Waals surface area contributed by atoms with Crippen LogP contribution in [0, 0.1) is 10.1 Å². The molecule has 0 aliphatic heterocycles. The van der Waals surface area contributed by atoms with Gasteiger partial charge in [-0.15, -0.1) is 0 Å². The fourth-order valence-corrected chi connectivity index (χ4v) is 1.84. The number of rotatable bonds is 6. The van der Waals surface area contributed by atoms with Crippen LogP contribution in [0.5, 0.6) is 0 Å². The molecule has 0 radical (unpaired) electrons. The van der Waals surface area contributed by atoms with Gasteiger partial charge in [0.05, 0.1) is 11.3 Å². The van der Waals surface area contributed by atoms with Gasteiger partial charge < -0.3 is 5.11 Å². The Hall–Kier alpha value is -1.22. The summed E-state index contributed by atoms with van der Waals surface area (Å²) >= 11 is 1.91. The van der Waals surface area contributed by atoms with Gasteiger partial charge in [-0.1, -0.05) is 12.1 Å². The molecule has 0 fully saturated rings. The van der Waals surface area contributed by atoms with Crippen LogP contribution in [0.4, 0.5) is 5.69 Å². The van der Waals surface area contributed by atoms with E-state index in [0.29, 0.717) is 6.42 Å². The fourth-order valence-electron chi connectivity index (χ4n) is 1.40. The fraction of sp³-hybridized carbons (Fsp3) is 0.300. The highest BCUT2D eigenvalue weighted by Gasteiger charge is 2.13. The zero-order valence-corrected chi connectivity index (χ0v) is 11.0. The van der Waals surface area contributed by atoms with E-state index in [-0.39, 0.29) is 18.2 Å². The Morgan fingerprint density at radius 1 is 1.47 bits per heavy atom. The highest BCUT2D eigenvalue weighted by Crippen LogP contribution is 2.14. The maximum absolute atomic E-state index is 10.6. The minimum atomic E-state index is -0.874. The monoisotopic (exact) mass is 350 g/mol. The van der Waals surface area contributed by atoms with Crippen LogP contribution in [-0.4, -0.2) is 22.0 Å². The molecule has 6 nitrogen and oxygen atoms in total. The largest absolute Gasteiger partial charge is 0.481 e. The lowest BCUT2D eigenvalue weighted by Crippen LogP contribution is -2.26. The molecule has 1 rings (SSSR count). The van der Waals surface area contributed by atoms with Crippen LogP contribution in [-0.2, 0) is 11.2 Å². The molecule has 0 amide bonds. The van der Waals surface area contributed by atoms with E-state index in [0.717, 1.165) is 5.56 Å². The van der Waals surface area contributed by atoms with E-state index in [1.807, 2.05) is 22.9 Å². The molecular formula is C10H11IN2O4. The number of hydrogen-bond acceptors (Lipinski definition) is 4. The second-order valence-corrected chi connectivity index (χ2v) is 4.15. The number of carboxylic acid groups (broad SMARTS) is 1. The smallest absolute Gasteiger partial charge is 0.304 e. The molecule has 17 heavy (non-hydrogen) atoms. The van der Waals surface area contributed by atoms with Crippen molar-refractivity contribution in [2.45, 2.75) is 18.9 Å². The Morgan fingerprint density at radius 3 is 2.47 bits per heavy atom. The van der Waals surface area contributed by atoms with Crippen LogP contribution < -0.4 is 3.53 Å². The lowest BCUT2D eigenvalue weighted by Gasteiger charge is -2.12. The average Bonchev–Trinajstić information content (AvgIpc) is 2.28. The third-order valence-corrected chi connectivity index (χ3v) is 3.09. The van der Waals surface area contributed by atoms with Gasteiger partial charge in [0.25, 0.3) is 5.69 Å². The molecule has 1 unspecified atom stereocenters. The number of nitro benzene ring substituents is 1. The van der Waals surface area contributed by atoms with E-state index in [1.54, 1.807) is 12.1 Å². The first kappa shape index (κ1) is 13.8. The second kappa shape index (κ2) is 6.50. The molecule has 0 heterocycles. The van der Waals surface area contributed by atoms with Gasteiger partial charge in [0.2, 0.25) is 0 Å². The van der Waals surface area contributed by atoms with Gasteiger partial charge in [-0.2, -0.15) is 0 Å². The summed E-state index contributed by atoms with van der Waals surface area (Å²) in [5.41, 5.74) is 0.900. The van der Waals surface area contributed by atoms with Crippen LogP contribution in [0.1, 0.15) is 12.0 Å². The van der Waals surface area contributed by atoms with E-state index in [1.165, 1.54) is 12.1 Å². The molecule has 2 N–H and O–H groups in total. The van der Waals surface area contributed by atoms with Crippen molar-refractivity contribution in [1.82, 2.24) is 3.53 Å². The number of non-ortho nitro benzene ring substituents is 1. The van der Waals surface area contributed by atoms with Gasteiger partial charge in [0.1, 0.15) is 0 Å². The molecule has 0 aromatic heterocycles. The topological polar surface area (TPSA) is 92.5 Å². The van der Waals surface area contributed by atoms with Crippen molar-refractivity contribution in [3.8, 4) is 0 Å². The number of benzene rings is 1. The first-order chi connectivity index (χ1) is 8.02. The third-order valence-electron chi connectivity index (χ3n) is 2.20. The zero-order chi connectivity index (χ0) is 12.8.